The molecule has 29 heavy (non-hydrogen) atoms. The van der Waals surface area contributed by atoms with Gasteiger partial charge in [0.2, 0.25) is 0 Å². The Balaban J connectivity index is 0.00000300. The Bertz CT molecular complexity index is 599. The number of aromatic nitrogens is 1. The van der Waals surface area contributed by atoms with E-state index in [1.165, 1.54) is 63.4 Å². The van der Waals surface area contributed by atoms with E-state index in [4.69, 9.17) is 4.74 Å². The maximum Gasteiger partial charge on any atom is 0.191 e. The van der Waals surface area contributed by atoms with Gasteiger partial charge in [-0.15, -0.1) is 24.0 Å². The second kappa shape index (κ2) is 14.0. The summed E-state index contributed by atoms with van der Waals surface area (Å²) in [5, 5.41) is 6.76. The number of halogens is 1. The highest BCUT2D eigenvalue weighted by Gasteiger charge is 2.13. The lowest BCUT2D eigenvalue weighted by atomic mass is 10.1. The monoisotopic (exact) mass is 515 g/mol. The predicted molar refractivity (Wildman–Crippen MR) is 131 cm³/mol. The van der Waals surface area contributed by atoms with Crippen LogP contribution in [0.3, 0.4) is 0 Å². The van der Waals surface area contributed by atoms with Crippen LogP contribution in [-0.2, 0) is 11.3 Å². The Hall–Kier alpha value is -1.09. The number of ether oxygens (including phenoxy) is 1. The van der Waals surface area contributed by atoms with E-state index in [2.05, 4.69) is 37.6 Å². The van der Waals surface area contributed by atoms with Gasteiger partial charge < -0.3 is 20.3 Å². The summed E-state index contributed by atoms with van der Waals surface area (Å²) in [6.45, 7) is 4.50. The molecule has 0 radical (unpaired) electrons. The number of guanidine groups is 1. The van der Waals surface area contributed by atoms with Gasteiger partial charge in [0.1, 0.15) is 5.82 Å². The number of rotatable bonds is 7. The topological polar surface area (TPSA) is 61.8 Å². The van der Waals surface area contributed by atoms with Crippen LogP contribution in [0, 0.1) is 0 Å². The Morgan fingerprint density at radius 3 is 2.55 bits per heavy atom. The lowest BCUT2D eigenvalue weighted by Gasteiger charge is -2.28. The Morgan fingerprint density at radius 2 is 1.83 bits per heavy atom. The van der Waals surface area contributed by atoms with Crippen LogP contribution in [0.1, 0.15) is 63.4 Å². The average molecular weight is 515 g/mol. The molecule has 1 aromatic heterocycles. The van der Waals surface area contributed by atoms with E-state index < -0.39 is 0 Å². The van der Waals surface area contributed by atoms with E-state index >= 15 is 0 Å². The molecule has 7 heteroatoms. The van der Waals surface area contributed by atoms with E-state index in [1.54, 1.807) is 0 Å². The van der Waals surface area contributed by atoms with Crippen LogP contribution >= 0.6 is 24.0 Å². The summed E-state index contributed by atoms with van der Waals surface area (Å²) in [6.07, 6.45) is 14.0. The number of piperidine rings is 1. The number of anilines is 1. The number of hydrogen-bond acceptors (Lipinski definition) is 4. The maximum absolute atomic E-state index is 6.04. The Labute approximate surface area is 193 Å². The first-order valence-corrected chi connectivity index (χ1v) is 11.1. The quantitative estimate of drug-likeness (QED) is 0.188. The van der Waals surface area contributed by atoms with Gasteiger partial charge >= 0.3 is 0 Å². The highest BCUT2D eigenvalue weighted by Crippen LogP contribution is 2.20. The van der Waals surface area contributed by atoms with Gasteiger partial charge in [0, 0.05) is 39.4 Å². The van der Waals surface area contributed by atoms with Gasteiger partial charge in [0.25, 0.3) is 0 Å². The van der Waals surface area contributed by atoms with Crippen molar-refractivity contribution in [3.8, 4) is 0 Å². The molecule has 164 valence electrons. The molecule has 0 spiro atoms. The van der Waals surface area contributed by atoms with E-state index in [0.29, 0.717) is 6.10 Å². The minimum atomic E-state index is 0. The third kappa shape index (κ3) is 8.66. The molecular weight excluding hydrogens is 477 g/mol. The van der Waals surface area contributed by atoms with Gasteiger partial charge in [0.05, 0.1) is 12.7 Å². The van der Waals surface area contributed by atoms with Crippen molar-refractivity contribution in [2.75, 3.05) is 38.2 Å². The second-order valence-corrected chi connectivity index (χ2v) is 7.91. The maximum atomic E-state index is 6.04. The lowest BCUT2D eigenvalue weighted by Crippen LogP contribution is -2.39. The molecule has 0 bridgehead atoms. The molecule has 1 aliphatic heterocycles. The van der Waals surface area contributed by atoms with Crippen LogP contribution in [-0.4, -0.2) is 50.3 Å². The van der Waals surface area contributed by atoms with Gasteiger partial charge in [-0.3, -0.25) is 4.99 Å². The first-order valence-electron chi connectivity index (χ1n) is 11.1. The number of nitrogens with one attached hydrogen (secondary N) is 2. The van der Waals surface area contributed by atoms with Crippen LogP contribution in [0.4, 0.5) is 5.82 Å². The molecule has 2 heterocycles. The summed E-state index contributed by atoms with van der Waals surface area (Å²) in [5.41, 5.74) is 1.23. The molecule has 2 aliphatic rings. The normalized spacial score (nSPS) is 18.7. The van der Waals surface area contributed by atoms with Crippen molar-refractivity contribution in [2.45, 2.75) is 70.4 Å². The second-order valence-electron chi connectivity index (χ2n) is 7.91. The fraction of sp³-hybridized carbons (Fsp3) is 0.727. The molecule has 2 N–H and O–H groups in total. The highest BCUT2D eigenvalue weighted by molar-refractivity contribution is 14.0. The molecule has 1 aromatic rings. The van der Waals surface area contributed by atoms with Crippen molar-refractivity contribution >= 4 is 35.8 Å². The van der Waals surface area contributed by atoms with Gasteiger partial charge in [-0.1, -0.05) is 25.7 Å². The first-order chi connectivity index (χ1) is 13.8. The van der Waals surface area contributed by atoms with Crippen LogP contribution in [0.5, 0.6) is 0 Å². The summed E-state index contributed by atoms with van der Waals surface area (Å²) >= 11 is 0. The molecule has 0 amide bonds. The summed E-state index contributed by atoms with van der Waals surface area (Å²) in [6, 6.07) is 4.27. The number of aliphatic imine (C=N–C) groups is 1. The molecule has 1 saturated carbocycles. The van der Waals surface area contributed by atoms with Crippen molar-refractivity contribution < 1.29 is 4.74 Å². The zero-order chi connectivity index (χ0) is 19.4. The van der Waals surface area contributed by atoms with Gasteiger partial charge in [-0.25, -0.2) is 4.98 Å². The smallest absolute Gasteiger partial charge is 0.191 e. The number of nitrogens with zero attached hydrogens (tertiary/aromatic N) is 3. The van der Waals surface area contributed by atoms with E-state index in [-0.39, 0.29) is 24.0 Å². The molecule has 1 aliphatic carbocycles. The zero-order valence-electron chi connectivity index (χ0n) is 17.9. The van der Waals surface area contributed by atoms with Crippen LogP contribution in [0.25, 0.3) is 0 Å². The SMILES string of the molecule is CN=C(NCCOC1CCCCCC1)NCc1ccnc(N2CCCCC2)c1.I. The summed E-state index contributed by atoms with van der Waals surface area (Å²) in [4.78, 5) is 11.3. The molecule has 6 nitrogen and oxygen atoms in total. The fourth-order valence-corrected chi connectivity index (χ4v) is 4.08. The van der Waals surface area contributed by atoms with Crippen molar-refractivity contribution in [1.82, 2.24) is 15.6 Å². The van der Waals surface area contributed by atoms with Crippen molar-refractivity contribution in [3.63, 3.8) is 0 Å². The number of pyridine rings is 1. The molecular formula is C22H38IN5O. The first kappa shape index (κ1) is 24.2. The minimum Gasteiger partial charge on any atom is -0.376 e. The molecule has 1 saturated heterocycles. The largest absolute Gasteiger partial charge is 0.376 e. The summed E-state index contributed by atoms with van der Waals surface area (Å²) in [5.74, 6) is 1.92. The Morgan fingerprint density at radius 1 is 1.10 bits per heavy atom. The predicted octanol–water partition coefficient (Wildman–Crippen LogP) is 4.09. The standard InChI is InChI=1S/C22H37N5O.HI/c1-23-22(25-13-16-28-20-9-5-2-3-6-10-20)26-18-19-11-12-24-21(17-19)27-14-7-4-8-15-27;/h11-12,17,20H,2-10,13-16,18H2,1H3,(H2,23,25,26);1H. The molecule has 3 rings (SSSR count). The third-order valence-corrected chi connectivity index (χ3v) is 5.72. The molecule has 0 aromatic carbocycles. The van der Waals surface area contributed by atoms with Crippen molar-refractivity contribution in [1.29, 1.82) is 0 Å². The van der Waals surface area contributed by atoms with Crippen molar-refractivity contribution in [3.05, 3.63) is 23.9 Å². The number of hydrogen-bond donors (Lipinski definition) is 2. The molecule has 2 fully saturated rings. The summed E-state index contributed by atoms with van der Waals surface area (Å²) in [7, 11) is 1.81. The molecule has 0 unspecified atom stereocenters. The fourth-order valence-electron chi connectivity index (χ4n) is 4.08. The van der Waals surface area contributed by atoms with Crippen LogP contribution in [0.15, 0.2) is 23.3 Å². The zero-order valence-corrected chi connectivity index (χ0v) is 20.2. The van der Waals surface area contributed by atoms with Crippen LogP contribution in [0.2, 0.25) is 0 Å². The average Bonchev–Trinajstić information content (AvgIpc) is 3.03. The third-order valence-electron chi connectivity index (χ3n) is 5.72. The molecule has 0 atom stereocenters. The Kier molecular flexibility index (Phi) is 11.7. The van der Waals surface area contributed by atoms with E-state index in [0.717, 1.165) is 44.6 Å². The van der Waals surface area contributed by atoms with Gasteiger partial charge in [-0.05, 0) is 49.8 Å². The van der Waals surface area contributed by atoms with Gasteiger partial charge in [-0.2, -0.15) is 0 Å². The summed E-state index contributed by atoms with van der Waals surface area (Å²) < 4.78 is 6.04. The van der Waals surface area contributed by atoms with E-state index in [1.807, 2.05) is 13.2 Å². The van der Waals surface area contributed by atoms with Crippen LogP contribution < -0.4 is 15.5 Å². The van der Waals surface area contributed by atoms with E-state index in [9.17, 15) is 0 Å². The van der Waals surface area contributed by atoms with Crippen molar-refractivity contribution in [2.24, 2.45) is 4.99 Å². The highest BCUT2D eigenvalue weighted by atomic mass is 127. The minimum absolute atomic E-state index is 0. The van der Waals surface area contributed by atoms with Gasteiger partial charge in [0.15, 0.2) is 5.96 Å². The lowest BCUT2D eigenvalue weighted by molar-refractivity contribution is 0.0468.